The van der Waals surface area contributed by atoms with Gasteiger partial charge in [-0.05, 0) is 39.0 Å². The summed E-state index contributed by atoms with van der Waals surface area (Å²) in [6.07, 6.45) is -6.29. The highest BCUT2D eigenvalue weighted by Gasteiger charge is 2.35. The van der Waals surface area contributed by atoms with Crippen LogP contribution in [0.2, 0.25) is 5.02 Å². The molecule has 0 radical (unpaired) electrons. The molecule has 1 amide bonds. The molecule has 0 saturated heterocycles. The van der Waals surface area contributed by atoms with E-state index in [0.717, 1.165) is 13.0 Å². The van der Waals surface area contributed by atoms with Gasteiger partial charge in [0, 0.05) is 17.8 Å². The van der Waals surface area contributed by atoms with Crippen molar-refractivity contribution in [1.82, 2.24) is 9.78 Å². The highest BCUT2D eigenvalue weighted by molar-refractivity contribution is 6.41. The van der Waals surface area contributed by atoms with Gasteiger partial charge in [-0.15, -0.1) is 0 Å². The number of ketones is 1. The van der Waals surface area contributed by atoms with Gasteiger partial charge in [0.25, 0.3) is 11.7 Å². The Bertz CT molecular complexity index is 985. The normalized spacial score (nSPS) is 12.4. The Hall–Kier alpha value is -2.88. The van der Waals surface area contributed by atoms with Gasteiger partial charge in [0.15, 0.2) is 6.10 Å². The number of hydrogen-bond acceptors (Lipinski definition) is 5. The van der Waals surface area contributed by atoms with E-state index in [0.29, 0.717) is 17.5 Å². The molecule has 1 aromatic carbocycles. The van der Waals surface area contributed by atoms with E-state index in [9.17, 15) is 27.6 Å². The fraction of sp³-hybridized carbons (Fsp3) is 0.333. The van der Waals surface area contributed by atoms with Crippen LogP contribution in [0.25, 0.3) is 0 Å². The molecule has 0 aliphatic heterocycles. The van der Waals surface area contributed by atoms with Crippen LogP contribution in [0.3, 0.4) is 0 Å². The summed E-state index contributed by atoms with van der Waals surface area (Å²) in [7, 11) is 1.59. The van der Waals surface area contributed by atoms with Crippen molar-refractivity contribution < 1.29 is 32.3 Å². The molecular weight excluding hydrogens is 415 g/mol. The number of esters is 1. The van der Waals surface area contributed by atoms with Crippen molar-refractivity contribution in [2.75, 3.05) is 5.32 Å². The molecule has 11 heteroatoms. The van der Waals surface area contributed by atoms with Crippen molar-refractivity contribution in [3.8, 4) is 0 Å². The molecule has 1 heterocycles. The zero-order valence-corrected chi connectivity index (χ0v) is 16.6. The fourth-order valence-corrected chi connectivity index (χ4v) is 2.74. The third-order valence-corrected chi connectivity index (χ3v) is 4.35. The lowest BCUT2D eigenvalue weighted by atomic mass is 10.1. The maximum atomic E-state index is 13.1. The van der Waals surface area contributed by atoms with Gasteiger partial charge >= 0.3 is 12.1 Å². The lowest BCUT2D eigenvalue weighted by Gasteiger charge is -2.17. The molecule has 0 bridgehead atoms. The van der Waals surface area contributed by atoms with Gasteiger partial charge in [0.2, 0.25) is 0 Å². The average Bonchev–Trinajstić information content (AvgIpc) is 2.86. The van der Waals surface area contributed by atoms with Crippen LogP contribution in [0.1, 0.15) is 34.2 Å². The van der Waals surface area contributed by atoms with E-state index in [1.165, 1.54) is 17.7 Å². The molecule has 1 unspecified atom stereocenters. The first-order valence-corrected chi connectivity index (χ1v) is 8.63. The minimum atomic E-state index is -4.77. The van der Waals surface area contributed by atoms with Crippen molar-refractivity contribution in [2.24, 2.45) is 7.05 Å². The molecule has 156 valence electrons. The molecule has 0 aliphatic rings. The summed E-state index contributed by atoms with van der Waals surface area (Å²) < 4.78 is 45.6. The van der Waals surface area contributed by atoms with Gasteiger partial charge in [-0.3, -0.25) is 14.3 Å². The number of carbonyl (C=O) groups is 3. The second kappa shape index (κ2) is 8.24. The van der Waals surface area contributed by atoms with E-state index in [-0.39, 0.29) is 10.6 Å². The summed E-state index contributed by atoms with van der Waals surface area (Å²) >= 11 is 5.58. The minimum Gasteiger partial charge on any atom is -0.447 e. The summed E-state index contributed by atoms with van der Waals surface area (Å²) in [5.74, 6) is -3.37. The lowest BCUT2D eigenvalue weighted by Crippen LogP contribution is -2.33. The quantitative estimate of drug-likeness (QED) is 0.445. The lowest BCUT2D eigenvalue weighted by molar-refractivity contribution is -0.148. The Labute approximate surface area is 168 Å². The molecule has 1 N–H and O–H groups in total. The zero-order chi connectivity index (χ0) is 22.1. The number of nitrogens with zero attached hydrogens (tertiary/aromatic N) is 2. The first-order chi connectivity index (χ1) is 13.3. The number of benzene rings is 1. The molecule has 2 aromatic rings. The summed E-state index contributed by atoms with van der Waals surface area (Å²) in [4.78, 5) is 36.6. The molecular formula is C18H17ClF3N3O4. The van der Waals surface area contributed by atoms with Crippen LogP contribution in [-0.2, 0) is 27.5 Å². The Balaban J connectivity index is 2.14. The molecule has 1 aromatic heterocycles. The highest BCUT2D eigenvalue weighted by Crippen LogP contribution is 2.36. The van der Waals surface area contributed by atoms with Crippen LogP contribution in [0.5, 0.6) is 0 Å². The van der Waals surface area contributed by atoms with E-state index in [1.54, 1.807) is 14.0 Å². The summed E-state index contributed by atoms with van der Waals surface area (Å²) in [6, 6.07) is 2.80. The van der Waals surface area contributed by atoms with Crippen LogP contribution < -0.4 is 5.32 Å². The first-order valence-electron chi connectivity index (χ1n) is 8.26. The van der Waals surface area contributed by atoms with Gasteiger partial charge in [0.05, 0.1) is 22.5 Å². The topological polar surface area (TPSA) is 90.3 Å². The number of hydrogen-bond donors (Lipinski definition) is 1. The van der Waals surface area contributed by atoms with E-state index < -0.39 is 41.2 Å². The van der Waals surface area contributed by atoms with Gasteiger partial charge in [-0.1, -0.05) is 11.6 Å². The Morgan fingerprint density at radius 3 is 2.38 bits per heavy atom. The third kappa shape index (κ3) is 4.94. The first kappa shape index (κ1) is 22.4. The third-order valence-electron chi connectivity index (χ3n) is 4.12. The number of nitrogens with one attached hydrogen (secondary N) is 1. The van der Waals surface area contributed by atoms with Crippen molar-refractivity contribution in [1.29, 1.82) is 0 Å². The number of ether oxygens (including phenoxy) is 1. The number of Topliss-reactive ketones (excluding diaryl/α,β-unsaturated/α-hetero) is 1. The number of alkyl halides is 3. The molecule has 2 rings (SSSR count). The smallest absolute Gasteiger partial charge is 0.418 e. The van der Waals surface area contributed by atoms with Gasteiger partial charge in [-0.25, -0.2) is 4.79 Å². The molecule has 7 nitrogen and oxygen atoms in total. The van der Waals surface area contributed by atoms with Crippen LogP contribution >= 0.6 is 11.6 Å². The monoisotopic (exact) mass is 431 g/mol. The van der Waals surface area contributed by atoms with Crippen LogP contribution in [0, 0.1) is 13.8 Å². The van der Waals surface area contributed by atoms with Crippen LogP contribution in [0.4, 0.5) is 18.9 Å². The standard InChI is InChI=1S/C18H17ClF3N3O4/c1-8-14(9(2)25(4)24-8)15(26)17(28)29-10(3)16(27)23-13-6-5-11(19)7-12(13)18(20,21)22/h5-7,10H,1-4H3,(H,23,27). The number of aromatic nitrogens is 2. The number of aryl methyl sites for hydroxylation is 2. The van der Waals surface area contributed by atoms with Crippen molar-refractivity contribution >= 4 is 34.9 Å². The average molecular weight is 432 g/mol. The molecule has 29 heavy (non-hydrogen) atoms. The molecule has 0 saturated carbocycles. The summed E-state index contributed by atoms with van der Waals surface area (Å²) in [6.45, 7) is 4.24. The predicted octanol–water partition coefficient (Wildman–Crippen LogP) is 3.46. The second-order valence-electron chi connectivity index (χ2n) is 6.22. The Kier molecular flexibility index (Phi) is 6.37. The van der Waals surface area contributed by atoms with E-state index in [2.05, 4.69) is 5.10 Å². The molecule has 0 spiro atoms. The van der Waals surface area contributed by atoms with Gasteiger partial charge < -0.3 is 10.1 Å². The predicted molar refractivity (Wildman–Crippen MR) is 97.7 cm³/mol. The maximum Gasteiger partial charge on any atom is 0.418 e. The van der Waals surface area contributed by atoms with E-state index in [1.807, 2.05) is 5.32 Å². The number of rotatable bonds is 5. The Morgan fingerprint density at radius 1 is 1.24 bits per heavy atom. The fourth-order valence-electron chi connectivity index (χ4n) is 2.57. The van der Waals surface area contributed by atoms with Crippen molar-refractivity contribution in [3.63, 3.8) is 0 Å². The largest absolute Gasteiger partial charge is 0.447 e. The van der Waals surface area contributed by atoms with Crippen LogP contribution in [0.15, 0.2) is 18.2 Å². The number of anilines is 1. The highest BCUT2D eigenvalue weighted by atomic mass is 35.5. The molecule has 0 fully saturated rings. The number of carbonyl (C=O) groups excluding carboxylic acids is 3. The van der Waals surface area contributed by atoms with Gasteiger partial charge in [-0.2, -0.15) is 18.3 Å². The van der Waals surface area contributed by atoms with E-state index in [4.69, 9.17) is 16.3 Å². The second-order valence-corrected chi connectivity index (χ2v) is 6.66. The SMILES string of the molecule is Cc1nn(C)c(C)c1C(=O)C(=O)OC(C)C(=O)Nc1ccc(Cl)cc1C(F)(F)F. The van der Waals surface area contributed by atoms with Crippen LogP contribution in [-0.4, -0.2) is 33.5 Å². The van der Waals surface area contributed by atoms with Crippen molar-refractivity contribution in [2.45, 2.75) is 33.1 Å². The number of amides is 1. The van der Waals surface area contributed by atoms with E-state index >= 15 is 0 Å². The maximum absolute atomic E-state index is 13.1. The minimum absolute atomic E-state index is 0.0437. The summed E-state index contributed by atoms with van der Waals surface area (Å²) in [5.41, 5.74) is -0.936. The van der Waals surface area contributed by atoms with Gasteiger partial charge in [0.1, 0.15) is 0 Å². The zero-order valence-electron chi connectivity index (χ0n) is 15.8. The molecule has 0 aliphatic carbocycles. The summed E-state index contributed by atoms with van der Waals surface area (Å²) in [5, 5.41) is 5.88. The molecule has 1 atom stereocenters. The number of halogens is 4. The van der Waals surface area contributed by atoms with Crippen molar-refractivity contribution in [3.05, 3.63) is 45.7 Å². The Morgan fingerprint density at radius 2 is 1.86 bits per heavy atom.